The zero-order valence-electron chi connectivity index (χ0n) is 13.3. The number of aromatic nitrogens is 2. The molecule has 2 aromatic heterocycles. The zero-order chi connectivity index (χ0) is 18.1. The lowest BCUT2D eigenvalue weighted by Crippen LogP contribution is -2.14. The molecule has 0 saturated heterocycles. The number of furan rings is 1. The average Bonchev–Trinajstić information content (AvgIpc) is 3.15. The summed E-state index contributed by atoms with van der Waals surface area (Å²) in [5, 5.41) is 17.7. The number of halogens is 1. The second-order valence-electron chi connectivity index (χ2n) is 5.29. The molecule has 3 aromatic rings. The van der Waals surface area contributed by atoms with Gasteiger partial charge in [0.2, 0.25) is 0 Å². The van der Waals surface area contributed by atoms with Crippen LogP contribution in [-0.2, 0) is 7.05 Å². The Kier molecular flexibility index (Phi) is 4.41. The predicted molar refractivity (Wildman–Crippen MR) is 94.4 cm³/mol. The van der Waals surface area contributed by atoms with E-state index in [0.29, 0.717) is 5.82 Å². The Labute approximate surface area is 150 Å². The van der Waals surface area contributed by atoms with Crippen molar-refractivity contribution in [3.05, 3.63) is 62.4 Å². The van der Waals surface area contributed by atoms with Gasteiger partial charge in [0.1, 0.15) is 10.7 Å². The van der Waals surface area contributed by atoms with Gasteiger partial charge in [-0.2, -0.15) is 5.10 Å². The lowest BCUT2D eigenvalue weighted by molar-refractivity contribution is -0.402. The van der Waals surface area contributed by atoms with Gasteiger partial charge in [-0.25, -0.2) is 0 Å². The first kappa shape index (κ1) is 16.9. The summed E-state index contributed by atoms with van der Waals surface area (Å²) in [6.45, 7) is 1.84. The number of nitrogens with one attached hydrogen (secondary N) is 1. The van der Waals surface area contributed by atoms with Gasteiger partial charge in [-0.15, -0.1) is 0 Å². The van der Waals surface area contributed by atoms with E-state index >= 15 is 0 Å². The number of benzene rings is 1. The molecule has 8 nitrogen and oxygen atoms in total. The minimum absolute atomic E-state index is 0.146. The molecule has 1 amide bonds. The molecule has 1 N–H and O–H groups in total. The molecule has 0 unspecified atom stereocenters. The van der Waals surface area contributed by atoms with Crippen LogP contribution in [0.4, 0.5) is 11.7 Å². The highest BCUT2D eigenvalue weighted by Gasteiger charge is 2.21. The molecule has 0 aliphatic heterocycles. The molecule has 3 rings (SSSR count). The number of nitro groups is 1. The maximum atomic E-state index is 12.4. The number of anilines is 1. The third-order valence-electron chi connectivity index (χ3n) is 3.58. The molecule has 0 aliphatic carbocycles. The number of hydrogen-bond acceptors (Lipinski definition) is 5. The lowest BCUT2D eigenvalue weighted by atomic mass is 10.1. The first-order valence-corrected chi connectivity index (χ1v) is 8.01. The molecule has 1 aromatic carbocycles. The summed E-state index contributed by atoms with van der Waals surface area (Å²) in [5.74, 6) is -0.745. The van der Waals surface area contributed by atoms with Crippen LogP contribution < -0.4 is 5.32 Å². The normalized spacial score (nSPS) is 10.7. The number of rotatable bonds is 4. The highest BCUT2D eigenvalue weighted by atomic mass is 79.9. The number of amides is 1. The molecule has 0 aliphatic rings. The summed E-state index contributed by atoms with van der Waals surface area (Å²) in [5.41, 5.74) is 2.39. The topological polar surface area (TPSA) is 103 Å². The number of carbonyl (C=O) groups excluding carboxylic acids is 1. The summed E-state index contributed by atoms with van der Waals surface area (Å²) in [6, 6.07) is 9.99. The quantitative estimate of drug-likeness (QED) is 0.524. The van der Waals surface area contributed by atoms with Gasteiger partial charge in [0, 0.05) is 17.1 Å². The van der Waals surface area contributed by atoms with Crippen LogP contribution in [0.15, 0.2) is 45.3 Å². The molecule has 0 radical (unpaired) electrons. The van der Waals surface area contributed by atoms with E-state index in [4.69, 9.17) is 4.42 Å². The number of nitrogens with zero attached hydrogens (tertiary/aromatic N) is 3. The Hall–Kier alpha value is -2.94. The lowest BCUT2D eigenvalue weighted by Gasteiger charge is -2.08. The summed E-state index contributed by atoms with van der Waals surface area (Å²) in [6.07, 6.45) is 0. The Morgan fingerprint density at radius 2 is 1.96 bits per heavy atom. The van der Waals surface area contributed by atoms with E-state index in [9.17, 15) is 14.9 Å². The van der Waals surface area contributed by atoms with Crippen molar-refractivity contribution in [2.45, 2.75) is 6.92 Å². The van der Waals surface area contributed by atoms with Gasteiger partial charge < -0.3 is 9.73 Å². The van der Waals surface area contributed by atoms with Crippen molar-refractivity contribution in [3.8, 4) is 11.1 Å². The van der Waals surface area contributed by atoms with Crippen LogP contribution >= 0.6 is 15.9 Å². The van der Waals surface area contributed by atoms with Crippen molar-refractivity contribution >= 4 is 33.5 Å². The van der Waals surface area contributed by atoms with Crippen molar-refractivity contribution in [3.63, 3.8) is 0 Å². The van der Waals surface area contributed by atoms with Crippen molar-refractivity contribution in [2.24, 2.45) is 7.05 Å². The number of carbonyl (C=O) groups is 1. The molecule has 0 spiro atoms. The van der Waals surface area contributed by atoms with Crippen LogP contribution in [0.5, 0.6) is 0 Å². The van der Waals surface area contributed by atoms with Gasteiger partial charge in [0.25, 0.3) is 5.91 Å². The average molecular weight is 405 g/mol. The van der Waals surface area contributed by atoms with E-state index in [-0.39, 0.29) is 5.76 Å². The SMILES string of the molecule is Cc1nn(C)c(NC(=O)c2ccc([N+](=O)[O-])o2)c1-c1ccc(Br)cc1. The number of hydrogen-bond donors (Lipinski definition) is 1. The minimum atomic E-state index is -0.696. The maximum Gasteiger partial charge on any atom is 0.433 e. The molecule has 128 valence electrons. The predicted octanol–water partition coefficient (Wildman–Crippen LogP) is 3.91. The summed E-state index contributed by atoms with van der Waals surface area (Å²) >= 11 is 3.39. The van der Waals surface area contributed by atoms with Gasteiger partial charge >= 0.3 is 5.88 Å². The monoisotopic (exact) mass is 404 g/mol. The molecule has 0 saturated carbocycles. The van der Waals surface area contributed by atoms with Crippen LogP contribution in [0.3, 0.4) is 0 Å². The van der Waals surface area contributed by atoms with Gasteiger partial charge in [0.15, 0.2) is 5.76 Å². The molecule has 2 heterocycles. The molecular formula is C16H13BrN4O4. The first-order chi connectivity index (χ1) is 11.9. The second kappa shape index (κ2) is 6.52. The van der Waals surface area contributed by atoms with E-state index in [1.807, 2.05) is 31.2 Å². The Morgan fingerprint density at radius 1 is 1.28 bits per heavy atom. The fraction of sp³-hybridized carbons (Fsp3) is 0.125. The molecule has 25 heavy (non-hydrogen) atoms. The minimum Gasteiger partial charge on any atom is -0.395 e. The third-order valence-corrected chi connectivity index (χ3v) is 4.11. The van der Waals surface area contributed by atoms with Crippen molar-refractivity contribution in [2.75, 3.05) is 5.32 Å². The Balaban J connectivity index is 1.95. The van der Waals surface area contributed by atoms with Crippen LogP contribution in [0.25, 0.3) is 11.1 Å². The second-order valence-corrected chi connectivity index (χ2v) is 6.20. The molecular weight excluding hydrogens is 392 g/mol. The Bertz CT molecular complexity index is 959. The third kappa shape index (κ3) is 3.31. The fourth-order valence-electron chi connectivity index (χ4n) is 2.48. The van der Waals surface area contributed by atoms with Gasteiger partial charge in [0.05, 0.1) is 11.8 Å². The largest absolute Gasteiger partial charge is 0.433 e. The van der Waals surface area contributed by atoms with Gasteiger partial charge in [-0.3, -0.25) is 19.6 Å². The fourth-order valence-corrected chi connectivity index (χ4v) is 2.75. The Morgan fingerprint density at radius 3 is 2.56 bits per heavy atom. The van der Waals surface area contributed by atoms with E-state index in [0.717, 1.165) is 27.4 Å². The van der Waals surface area contributed by atoms with Crippen LogP contribution in [-0.4, -0.2) is 20.6 Å². The molecule has 0 fully saturated rings. The van der Waals surface area contributed by atoms with Crippen LogP contribution in [0.2, 0.25) is 0 Å². The van der Waals surface area contributed by atoms with Gasteiger partial charge in [-0.05, 0) is 30.7 Å². The van der Waals surface area contributed by atoms with Crippen molar-refractivity contribution < 1.29 is 14.1 Å². The highest BCUT2D eigenvalue weighted by molar-refractivity contribution is 9.10. The van der Waals surface area contributed by atoms with Crippen LogP contribution in [0.1, 0.15) is 16.2 Å². The number of aryl methyl sites for hydroxylation is 2. The zero-order valence-corrected chi connectivity index (χ0v) is 14.9. The van der Waals surface area contributed by atoms with E-state index in [1.165, 1.54) is 6.07 Å². The summed E-state index contributed by atoms with van der Waals surface area (Å²) in [7, 11) is 1.70. The molecule has 0 atom stereocenters. The molecule has 9 heteroatoms. The molecule has 0 bridgehead atoms. The van der Waals surface area contributed by atoms with E-state index in [1.54, 1.807) is 11.7 Å². The van der Waals surface area contributed by atoms with E-state index in [2.05, 4.69) is 26.3 Å². The maximum absolute atomic E-state index is 12.4. The van der Waals surface area contributed by atoms with Gasteiger partial charge in [-0.1, -0.05) is 28.1 Å². The van der Waals surface area contributed by atoms with Crippen molar-refractivity contribution in [1.29, 1.82) is 0 Å². The summed E-state index contributed by atoms with van der Waals surface area (Å²) in [4.78, 5) is 22.4. The smallest absolute Gasteiger partial charge is 0.395 e. The van der Waals surface area contributed by atoms with Crippen LogP contribution in [0, 0.1) is 17.0 Å². The van der Waals surface area contributed by atoms with E-state index < -0.39 is 16.7 Å². The highest BCUT2D eigenvalue weighted by Crippen LogP contribution is 2.32. The first-order valence-electron chi connectivity index (χ1n) is 7.22. The van der Waals surface area contributed by atoms with Crippen molar-refractivity contribution in [1.82, 2.24) is 9.78 Å². The summed E-state index contributed by atoms with van der Waals surface area (Å²) < 4.78 is 7.42. The standard InChI is InChI=1S/C16H13BrN4O4/c1-9-14(10-3-5-11(17)6-4-10)15(20(2)19-9)18-16(22)12-7-8-13(25-12)21(23)24/h3-8H,1-2H3,(H,18,22).